The highest BCUT2D eigenvalue weighted by molar-refractivity contribution is 9.10. The van der Waals surface area contributed by atoms with Crippen LogP contribution in [0.3, 0.4) is 0 Å². The number of benzene rings is 2. The summed E-state index contributed by atoms with van der Waals surface area (Å²) in [6, 6.07) is 10.9. The zero-order valence-corrected chi connectivity index (χ0v) is 14.8. The largest absolute Gasteiger partial charge is 0.117 e. The zero-order chi connectivity index (χ0) is 14.9. The molecule has 2 rings (SSSR count). The molecule has 0 spiro atoms. The molecule has 20 heavy (non-hydrogen) atoms. The molecule has 0 amide bonds. The molecule has 2 aromatic carbocycles. The predicted octanol–water partition coefficient (Wildman–Crippen LogP) is 6.21. The van der Waals surface area contributed by atoms with E-state index < -0.39 is 0 Å². The van der Waals surface area contributed by atoms with Crippen molar-refractivity contribution >= 4 is 27.5 Å². The summed E-state index contributed by atoms with van der Waals surface area (Å²) in [5.41, 5.74) is 7.65. The van der Waals surface area contributed by atoms with Gasteiger partial charge in [0.05, 0.1) is 5.38 Å². The van der Waals surface area contributed by atoms with Gasteiger partial charge in [0.25, 0.3) is 0 Å². The minimum Gasteiger partial charge on any atom is -0.117 e. The predicted molar refractivity (Wildman–Crippen MR) is 91.8 cm³/mol. The van der Waals surface area contributed by atoms with Gasteiger partial charge in [-0.1, -0.05) is 45.8 Å². The minimum atomic E-state index is 0.0160. The number of rotatable bonds is 3. The Morgan fingerprint density at radius 2 is 1.65 bits per heavy atom. The van der Waals surface area contributed by atoms with Gasteiger partial charge >= 0.3 is 0 Å². The second-order valence-corrected chi connectivity index (χ2v) is 6.94. The monoisotopic (exact) mass is 350 g/mol. The Bertz CT molecular complexity index is 632. The zero-order valence-electron chi connectivity index (χ0n) is 12.4. The van der Waals surface area contributed by atoms with Gasteiger partial charge in [0.1, 0.15) is 0 Å². The molecule has 0 radical (unpaired) electrons. The molecule has 106 valence electrons. The van der Waals surface area contributed by atoms with E-state index in [9.17, 15) is 0 Å². The molecule has 2 heteroatoms. The maximum absolute atomic E-state index is 6.68. The second kappa shape index (κ2) is 6.32. The van der Waals surface area contributed by atoms with Crippen molar-refractivity contribution in [3.05, 3.63) is 68.2 Å². The summed E-state index contributed by atoms with van der Waals surface area (Å²) in [7, 11) is 0. The Morgan fingerprint density at radius 1 is 0.950 bits per heavy atom. The first-order chi connectivity index (χ1) is 9.38. The summed E-state index contributed by atoms with van der Waals surface area (Å²) in [5, 5.41) is 0.0160. The van der Waals surface area contributed by atoms with Crippen LogP contribution in [0.1, 0.15) is 38.8 Å². The lowest BCUT2D eigenvalue weighted by Gasteiger charge is -2.16. The van der Waals surface area contributed by atoms with Gasteiger partial charge < -0.3 is 0 Å². The third-order valence-electron chi connectivity index (χ3n) is 3.79. The minimum absolute atomic E-state index is 0.0160. The molecule has 0 aromatic heterocycles. The van der Waals surface area contributed by atoms with Crippen LogP contribution in [-0.4, -0.2) is 0 Å². The summed E-state index contributed by atoms with van der Waals surface area (Å²) in [5.74, 6) is 0. The van der Waals surface area contributed by atoms with Crippen LogP contribution < -0.4 is 0 Å². The third-order valence-corrected chi connectivity index (χ3v) is 5.03. The summed E-state index contributed by atoms with van der Waals surface area (Å²) in [4.78, 5) is 0. The van der Waals surface area contributed by atoms with Crippen molar-refractivity contribution in [1.82, 2.24) is 0 Å². The van der Waals surface area contributed by atoms with E-state index in [0.717, 1.165) is 10.9 Å². The van der Waals surface area contributed by atoms with Crippen LogP contribution in [0.5, 0.6) is 0 Å². The standard InChI is InChI=1S/C18H20BrCl/c1-11-5-6-12(2)15(7-11)10-18(20)16-8-14(4)17(19)9-13(16)3/h5-9,18H,10H2,1-4H3. The molecule has 0 aliphatic carbocycles. The average Bonchev–Trinajstić information content (AvgIpc) is 2.38. The first-order valence-corrected chi connectivity index (χ1v) is 8.08. The van der Waals surface area contributed by atoms with E-state index in [0.29, 0.717) is 0 Å². The lowest BCUT2D eigenvalue weighted by Crippen LogP contribution is -2.01. The number of alkyl halides is 1. The normalized spacial score (nSPS) is 12.5. The van der Waals surface area contributed by atoms with Gasteiger partial charge in [0, 0.05) is 4.47 Å². The first kappa shape index (κ1) is 15.6. The lowest BCUT2D eigenvalue weighted by atomic mass is 9.95. The highest BCUT2D eigenvalue weighted by atomic mass is 79.9. The number of hydrogen-bond donors (Lipinski definition) is 0. The molecule has 0 heterocycles. The fourth-order valence-corrected chi connectivity index (χ4v) is 3.32. The van der Waals surface area contributed by atoms with Crippen molar-refractivity contribution in [2.24, 2.45) is 0 Å². The van der Waals surface area contributed by atoms with Gasteiger partial charge in [-0.25, -0.2) is 0 Å². The van der Waals surface area contributed by atoms with E-state index in [-0.39, 0.29) is 5.38 Å². The molecule has 1 unspecified atom stereocenters. The van der Waals surface area contributed by atoms with Gasteiger partial charge in [0.15, 0.2) is 0 Å². The van der Waals surface area contributed by atoms with Gasteiger partial charge in [-0.2, -0.15) is 0 Å². The third kappa shape index (κ3) is 3.45. The summed E-state index contributed by atoms with van der Waals surface area (Å²) < 4.78 is 1.15. The number of aryl methyl sites for hydroxylation is 4. The average molecular weight is 352 g/mol. The van der Waals surface area contributed by atoms with E-state index >= 15 is 0 Å². The van der Waals surface area contributed by atoms with E-state index in [1.54, 1.807) is 0 Å². The quantitative estimate of drug-likeness (QED) is 0.577. The number of hydrogen-bond acceptors (Lipinski definition) is 0. The molecule has 0 fully saturated rings. The topological polar surface area (TPSA) is 0 Å². The summed E-state index contributed by atoms with van der Waals surface area (Å²) in [6.45, 7) is 8.51. The Balaban J connectivity index is 2.30. The van der Waals surface area contributed by atoms with Crippen LogP contribution in [-0.2, 0) is 6.42 Å². The van der Waals surface area contributed by atoms with Crippen LogP contribution in [0, 0.1) is 27.7 Å². The summed E-state index contributed by atoms with van der Waals surface area (Å²) in [6.07, 6.45) is 0.872. The molecule has 0 N–H and O–H groups in total. The molecule has 2 aromatic rings. The molecule has 0 aliphatic rings. The van der Waals surface area contributed by atoms with Crippen LogP contribution in [0.2, 0.25) is 0 Å². The molecule has 0 saturated carbocycles. The molecule has 0 nitrogen and oxygen atoms in total. The SMILES string of the molecule is Cc1ccc(C)c(CC(Cl)c2cc(C)c(Br)cc2C)c1. The Labute approximate surface area is 135 Å². The van der Waals surface area contributed by atoms with Gasteiger partial charge in [-0.15, -0.1) is 11.6 Å². The van der Waals surface area contributed by atoms with Crippen LogP contribution in [0.15, 0.2) is 34.8 Å². The van der Waals surface area contributed by atoms with Crippen molar-refractivity contribution < 1.29 is 0 Å². The molecular weight excluding hydrogens is 332 g/mol. The van der Waals surface area contributed by atoms with Crippen molar-refractivity contribution in [2.45, 2.75) is 39.5 Å². The summed E-state index contributed by atoms with van der Waals surface area (Å²) >= 11 is 10.3. The maximum atomic E-state index is 6.68. The van der Waals surface area contributed by atoms with Crippen molar-refractivity contribution in [3.8, 4) is 0 Å². The van der Waals surface area contributed by atoms with Crippen LogP contribution >= 0.6 is 27.5 Å². The Kier molecular flexibility index (Phi) is 4.93. The van der Waals surface area contributed by atoms with Crippen molar-refractivity contribution in [1.29, 1.82) is 0 Å². The van der Waals surface area contributed by atoms with Gasteiger partial charge in [-0.05, 0) is 68.0 Å². The molecular formula is C18H20BrCl. The van der Waals surface area contributed by atoms with E-state index in [2.05, 4.69) is 74.0 Å². The van der Waals surface area contributed by atoms with Crippen LogP contribution in [0.4, 0.5) is 0 Å². The maximum Gasteiger partial charge on any atom is 0.0628 e. The smallest absolute Gasteiger partial charge is 0.0628 e. The molecule has 0 saturated heterocycles. The van der Waals surface area contributed by atoms with E-state index in [1.165, 1.54) is 33.4 Å². The molecule has 1 atom stereocenters. The highest BCUT2D eigenvalue weighted by Gasteiger charge is 2.14. The van der Waals surface area contributed by atoms with E-state index in [4.69, 9.17) is 11.6 Å². The number of halogens is 2. The lowest BCUT2D eigenvalue weighted by molar-refractivity contribution is 0.897. The highest BCUT2D eigenvalue weighted by Crippen LogP contribution is 2.32. The van der Waals surface area contributed by atoms with Gasteiger partial charge in [-0.3, -0.25) is 0 Å². The second-order valence-electron chi connectivity index (χ2n) is 5.56. The van der Waals surface area contributed by atoms with Gasteiger partial charge in [0.2, 0.25) is 0 Å². The first-order valence-electron chi connectivity index (χ1n) is 6.85. The van der Waals surface area contributed by atoms with Crippen LogP contribution in [0.25, 0.3) is 0 Å². The Hall–Kier alpha value is -0.790. The van der Waals surface area contributed by atoms with E-state index in [1.807, 2.05) is 0 Å². The van der Waals surface area contributed by atoms with Crippen molar-refractivity contribution in [3.63, 3.8) is 0 Å². The molecule has 0 bridgehead atoms. The van der Waals surface area contributed by atoms with Crippen molar-refractivity contribution in [2.75, 3.05) is 0 Å². The molecule has 0 aliphatic heterocycles. The fourth-order valence-electron chi connectivity index (χ4n) is 2.46. The fraction of sp³-hybridized carbons (Fsp3) is 0.333. The Morgan fingerprint density at radius 3 is 2.35 bits per heavy atom.